The van der Waals surface area contributed by atoms with Crippen LogP contribution in [0.25, 0.3) is 0 Å². The van der Waals surface area contributed by atoms with Crippen LogP contribution < -0.4 is 5.32 Å². The number of nitrogens with one attached hydrogen (secondary N) is 2. The zero-order valence-corrected chi connectivity index (χ0v) is 10.3. The Morgan fingerprint density at radius 2 is 2.33 bits per heavy atom. The van der Waals surface area contributed by atoms with E-state index in [-0.39, 0.29) is 17.6 Å². The van der Waals surface area contributed by atoms with Gasteiger partial charge in [0.1, 0.15) is 10.7 Å². The molecule has 2 aromatic rings. The van der Waals surface area contributed by atoms with Gasteiger partial charge in [-0.15, -0.1) is 11.3 Å². The maximum absolute atomic E-state index is 11.7. The molecule has 1 atom stereocenters. The number of carbonyl (C=O) groups excluding carboxylic acids is 1. The van der Waals surface area contributed by atoms with Gasteiger partial charge in [0.2, 0.25) is 0 Å². The lowest BCUT2D eigenvalue weighted by molar-refractivity contribution is 0.0691. The first-order valence-electron chi connectivity index (χ1n) is 5.21. The average Bonchev–Trinajstić information content (AvgIpc) is 3.00. The topological polar surface area (TPSA) is 95.1 Å². The SMILES string of the molecule is CC(NC(=O)c1ccc[nH]1)c1nc(C(=O)O)cs1. The molecule has 0 bridgehead atoms. The van der Waals surface area contributed by atoms with E-state index in [0.29, 0.717) is 10.7 Å². The van der Waals surface area contributed by atoms with Crippen LogP contribution in [0.3, 0.4) is 0 Å². The van der Waals surface area contributed by atoms with E-state index in [2.05, 4.69) is 15.3 Å². The number of nitrogens with zero attached hydrogens (tertiary/aromatic N) is 1. The quantitative estimate of drug-likeness (QED) is 0.783. The molecule has 0 aliphatic carbocycles. The van der Waals surface area contributed by atoms with Gasteiger partial charge in [0.05, 0.1) is 6.04 Å². The van der Waals surface area contributed by atoms with E-state index in [0.717, 1.165) is 0 Å². The zero-order chi connectivity index (χ0) is 13.1. The molecule has 0 aliphatic heterocycles. The normalized spacial score (nSPS) is 12.1. The van der Waals surface area contributed by atoms with Crippen molar-refractivity contribution in [2.24, 2.45) is 0 Å². The fourth-order valence-corrected chi connectivity index (χ4v) is 2.19. The van der Waals surface area contributed by atoms with E-state index in [1.54, 1.807) is 25.3 Å². The second kappa shape index (κ2) is 5.01. The van der Waals surface area contributed by atoms with Crippen molar-refractivity contribution in [3.8, 4) is 0 Å². The molecule has 0 fully saturated rings. The standard InChI is InChI=1S/C11H11N3O3S/c1-6(10-14-8(5-18-10)11(16)17)13-9(15)7-3-2-4-12-7/h2-6,12H,1H3,(H,13,15)(H,16,17). The number of carboxylic acid groups (broad SMARTS) is 1. The van der Waals surface area contributed by atoms with Gasteiger partial charge in [0.25, 0.3) is 5.91 Å². The van der Waals surface area contributed by atoms with Crippen molar-refractivity contribution in [3.05, 3.63) is 40.1 Å². The highest BCUT2D eigenvalue weighted by Gasteiger charge is 2.16. The Morgan fingerprint density at radius 1 is 1.56 bits per heavy atom. The Labute approximate surface area is 107 Å². The van der Waals surface area contributed by atoms with Crippen molar-refractivity contribution in [1.82, 2.24) is 15.3 Å². The third-order valence-electron chi connectivity index (χ3n) is 2.30. The summed E-state index contributed by atoms with van der Waals surface area (Å²) in [5.74, 6) is -1.32. The summed E-state index contributed by atoms with van der Waals surface area (Å²) in [6, 6.07) is 3.05. The first kappa shape index (κ1) is 12.3. The number of amides is 1. The lowest BCUT2D eigenvalue weighted by Gasteiger charge is -2.09. The molecule has 0 radical (unpaired) electrons. The van der Waals surface area contributed by atoms with E-state index in [1.165, 1.54) is 16.7 Å². The van der Waals surface area contributed by atoms with E-state index >= 15 is 0 Å². The molecule has 2 heterocycles. The third kappa shape index (κ3) is 2.57. The molecule has 0 aromatic carbocycles. The smallest absolute Gasteiger partial charge is 0.355 e. The number of carbonyl (C=O) groups is 2. The van der Waals surface area contributed by atoms with Crippen molar-refractivity contribution in [1.29, 1.82) is 0 Å². The minimum absolute atomic E-state index is 0.00373. The summed E-state index contributed by atoms with van der Waals surface area (Å²) in [4.78, 5) is 29.2. The van der Waals surface area contributed by atoms with Gasteiger partial charge in [-0.3, -0.25) is 4.79 Å². The van der Waals surface area contributed by atoms with E-state index in [1.807, 2.05) is 0 Å². The highest BCUT2D eigenvalue weighted by Crippen LogP contribution is 2.18. The minimum Gasteiger partial charge on any atom is -0.476 e. The van der Waals surface area contributed by atoms with E-state index < -0.39 is 5.97 Å². The summed E-state index contributed by atoms with van der Waals surface area (Å²) >= 11 is 1.21. The number of aromatic nitrogens is 2. The van der Waals surface area contributed by atoms with Crippen LogP contribution in [0.2, 0.25) is 0 Å². The molecular weight excluding hydrogens is 254 g/mol. The zero-order valence-electron chi connectivity index (χ0n) is 9.51. The molecule has 7 heteroatoms. The van der Waals surface area contributed by atoms with Crippen LogP contribution in [0.1, 0.15) is 39.0 Å². The number of H-pyrrole nitrogens is 1. The second-order valence-corrected chi connectivity index (χ2v) is 4.54. The first-order valence-corrected chi connectivity index (χ1v) is 6.09. The summed E-state index contributed by atoms with van der Waals surface area (Å²) in [6.45, 7) is 1.76. The molecule has 1 amide bonds. The van der Waals surface area contributed by atoms with Gasteiger partial charge < -0.3 is 15.4 Å². The van der Waals surface area contributed by atoms with Crippen LogP contribution in [-0.2, 0) is 0 Å². The fraction of sp³-hybridized carbons (Fsp3) is 0.182. The van der Waals surface area contributed by atoms with Gasteiger partial charge in [0.15, 0.2) is 5.69 Å². The molecule has 0 aliphatic rings. The van der Waals surface area contributed by atoms with Crippen LogP contribution in [0, 0.1) is 0 Å². The number of rotatable bonds is 4. The number of aromatic carboxylic acids is 1. The van der Waals surface area contributed by atoms with E-state index in [9.17, 15) is 9.59 Å². The molecule has 0 saturated carbocycles. The van der Waals surface area contributed by atoms with Gasteiger partial charge in [-0.25, -0.2) is 9.78 Å². The Hall–Kier alpha value is -2.15. The van der Waals surface area contributed by atoms with Crippen LogP contribution in [0.4, 0.5) is 0 Å². The van der Waals surface area contributed by atoms with Gasteiger partial charge in [-0.05, 0) is 19.1 Å². The molecule has 0 saturated heterocycles. The molecular formula is C11H11N3O3S. The molecule has 6 nitrogen and oxygen atoms in total. The molecule has 18 heavy (non-hydrogen) atoms. The number of thiazole rings is 1. The summed E-state index contributed by atoms with van der Waals surface area (Å²) < 4.78 is 0. The summed E-state index contributed by atoms with van der Waals surface area (Å²) in [5, 5.41) is 13.5. The largest absolute Gasteiger partial charge is 0.476 e. The number of hydrogen-bond donors (Lipinski definition) is 3. The van der Waals surface area contributed by atoms with Crippen molar-refractivity contribution >= 4 is 23.2 Å². The third-order valence-corrected chi connectivity index (χ3v) is 3.33. The molecule has 2 rings (SSSR count). The Balaban J connectivity index is 2.05. The van der Waals surface area contributed by atoms with E-state index in [4.69, 9.17) is 5.11 Å². The number of aromatic amines is 1. The van der Waals surface area contributed by atoms with Crippen LogP contribution in [0.15, 0.2) is 23.7 Å². The molecule has 0 spiro atoms. The van der Waals surface area contributed by atoms with Crippen molar-refractivity contribution in [3.63, 3.8) is 0 Å². The van der Waals surface area contributed by atoms with Crippen LogP contribution in [0.5, 0.6) is 0 Å². The van der Waals surface area contributed by atoms with Crippen molar-refractivity contribution in [2.75, 3.05) is 0 Å². The highest BCUT2D eigenvalue weighted by atomic mass is 32.1. The Bertz CT molecular complexity index is 562. The average molecular weight is 265 g/mol. The fourth-order valence-electron chi connectivity index (χ4n) is 1.39. The number of carboxylic acids is 1. The Morgan fingerprint density at radius 3 is 2.89 bits per heavy atom. The maximum Gasteiger partial charge on any atom is 0.355 e. The van der Waals surface area contributed by atoms with Crippen molar-refractivity contribution in [2.45, 2.75) is 13.0 Å². The van der Waals surface area contributed by atoms with Crippen LogP contribution >= 0.6 is 11.3 Å². The highest BCUT2D eigenvalue weighted by molar-refractivity contribution is 7.09. The first-order chi connectivity index (χ1) is 8.58. The predicted octanol–water partition coefficient (Wildman–Crippen LogP) is 1.66. The monoisotopic (exact) mass is 265 g/mol. The van der Waals surface area contributed by atoms with Crippen molar-refractivity contribution < 1.29 is 14.7 Å². The minimum atomic E-state index is -1.07. The number of hydrogen-bond acceptors (Lipinski definition) is 4. The van der Waals surface area contributed by atoms with Gasteiger partial charge in [-0.1, -0.05) is 0 Å². The summed E-state index contributed by atoms with van der Waals surface area (Å²) in [5.41, 5.74) is 0.452. The molecule has 1 unspecified atom stereocenters. The molecule has 2 aromatic heterocycles. The molecule has 94 valence electrons. The second-order valence-electron chi connectivity index (χ2n) is 3.66. The summed E-state index contributed by atoms with van der Waals surface area (Å²) in [6.07, 6.45) is 1.66. The van der Waals surface area contributed by atoms with Gasteiger partial charge >= 0.3 is 5.97 Å². The molecule has 3 N–H and O–H groups in total. The lowest BCUT2D eigenvalue weighted by atomic mass is 10.3. The summed E-state index contributed by atoms with van der Waals surface area (Å²) in [7, 11) is 0. The van der Waals surface area contributed by atoms with Crippen LogP contribution in [-0.4, -0.2) is 27.0 Å². The Kier molecular flexibility index (Phi) is 3.42. The van der Waals surface area contributed by atoms with Gasteiger partial charge in [-0.2, -0.15) is 0 Å². The maximum atomic E-state index is 11.7. The predicted molar refractivity (Wildman–Crippen MR) is 65.7 cm³/mol. The van der Waals surface area contributed by atoms with Gasteiger partial charge in [0, 0.05) is 11.6 Å². The lowest BCUT2D eigenvalue weighted by Crippen LogP contribution is -2.26.